The van der Waals surface area contributed by atoms with Crippen LogP contribution in [0.2, 0.25) is 0 Å². The van der Waals surface area contributed by atoms with Crippen LogP contribution in [-0.2, 0) is 9.53 Å². The van der Waals surface area contributed by atoms with Crippen LogP contribution in [-0.4, -0.2) is 19.2 Å². The van der Waals surface area contributed by atoms with Gasteiger partial charge in [0.15, 0.2) is 0 Å². The molecule has 4 rings (SSSR count). The highest BCUT2D eigenvalue weighted by Gasteiger charge is 2.40. The van der Waals surface area contributed by atoms with E-state index in [1.54, 1.807) is 0 Å². The van der Waals surface area contributed by atoms with Gasteiger partial charge in [-0.2, -0.15) is 0 Å². The van der Waals surface area contributed by atoms with E-state index in [0.717, 1.165) is 25.0 Å². The molecule has 3 nitrogen and oxygen atoms in total. The molecule has 0 spiro atoms. The number of benzene rings is 2. The Bertz CT molecular complexity index is 765. The predicted octanol–water partition coefficient (Wildman–Crippen LogP) is 4.36. The van der Waals surface area contributed by atoms with Crippen LogP contribution in [0.1, 0.15) is 19.3 Å². The fourth-order valence-electron chi connectivity index (χ4n) is 3.84. The summed E-state index contributed by atoms with van der Waals surface area (Å²) in [5.41, 5.74) is 0. The monoisotopic (exact) mass is 322 g/mol. The maximum atomic E-state index is 12.1. The molecule has 0 heterocycles. The van der Waals surface area contributed by atoms with Crippen molar-refractivity contribution in [3.63, 3.8) is 0 Å². The highest BCUT2D eigenvalue weighted by atomic mass is 16.5. The molecule has 2 aliphatic rings. The second kappa shape index (κ2) is 6.68. The average molecular weight is 322 g/mol. The molecule has 0 saturated heterocycles. The number of rotatable bonds is 6. The zero-order chi connectivity index (χ0) is 16.4. The van der Waals surface area contributed by atoms with Crippen LogP contribution in [0.4, 0.5) is 0 Å². The van der Waals surface area contributed by atoms with E-state index in [2.05, 4.69) is 30.4 Å². The molecule has 3 atom stereocenters. The Kier molecular flexibility index (Phi) is 4.24. The number of hydrogen-bond donors (Lipinski definition) is 0. The van der Waals surface area contributed by atoms with Gasteiger partial charge >= 0.3 is 5.97 Å². The fourth-order valence-corrected chi connectivity index (χ4v) is 3.84. The first-order chi connectivity index (χ1) is 11.8. The van der Waals surface area contributed by atoms with E-state index >= 15 is 0 Å². The highest BCUT2D eigenvalue weighted by Crippen LogP contribution is 2.43. The molecule has 2 bridgehead atoms. The molecule has 124 valence electrons. The summed E-state index contributed by atoms with van der Waals surface area (Å²) >= 11 is 0. The van der Waals surface area contributed by atoms with Crippen molar-refractivity contribution in [2.75, 3.05) is 13.2 Å². The smallest absolute Gasteiger partial charge is 0.309 e. The van der Waals surface area contributed by atoms with Crippen molar-refractivity contribution in [3.8, 4) is 5.75 Å². The largest absolute Gasteiger partial charge is 0.493 e. The van der Waals surface area contributed by atoms with E-state index in [4.69, 9.17) is 9.47 Å². The summed E-state index contributed by atoms with van der Waals surface area (Å²) in [7, 11) is 0. The molecule has 1 fully saturated rings. The van der Waals surface area contributed by atoms with Crippen LogP contribution in [0.5, 0.6) is 5.75 Å². The maximum Gasteiger partial charge on any atom is 0.309 e. The number of carbonyl (C=O) groups is 1. The topological polar surface area (TPSA) is 35.5 Å². The van der Waals surface area contributed by atoms with E-state index in [-0.39, 0.29) is 11.9 Å². The summed E-state index contributed by atoms with van der Waals surface area (Å²) in [6.07, 6.45) is 7.24. The number of carbonyl (C=O) groups excluding carboxylic acids is 1. The molecule has 0 aromatic heterocycles. The van der Waals surface area contributed by atoms with Crippen molar-refractivity contribution in [1.29, 1.82) is 0 Å². The van der Waals surface area contributed by atoms with Crippen molar-refractivity contribution in [1.82, 2.24) is 0 Å². The zero-order valence-electron chi connectivity index (χ0n) is 13.7. The second-order valence-corrected chi connectivity index (χ2v) is 6.77. The number of esters is 1. The van der Waals surface area contributed by atoms with Gasteiger partial charge in [0.25, 0.3) is 0 Å². The van der Waals surface area contributed by atoms with E-state index in [9.17, 15) is 4.79 Å². The second-order valence-electron chi connectivity index (χ2n) is 6.77. The van der Waals surface area contributed by atoms with E-state index < -0.39 is 0 Å². The van der Waals surface area contributed by atoms with Crippen LogP contribution in [0.15, 0.2) is 54.6 Å². The molecule has 2 aliphatic carbocycles. The van der Waals surface area contributed by atoms with E-state index in [1.165, 1.54) is 10.8 Å². The van der Waals surface area contributed by atoms with Gasteiger partial charge in [-0.3, -0.25) is 4.79 Å². The molecule has 2 aromatic carbocycles. The Morgan fingerprint density at radius 1 is 1.00 bits per heavy atom. The van der Waals surface area contributed by atoms with E-state index in [0.29, 0.717) is 25.0 Å². The van der Waals surface area contributed by atoms with Gasteiger partial charge in [-0.15, -0.1) is 0 Å². The van der Waals surface area contributed by atoms with Crippen molar-refractivity contribution >= 4 is 16.7 Å². The lowest BCUT2D eigenvalue weighted by molar-refractivity contribution is -0.149. The van der Waals surface area contributed by atoms with Crippen LogP contribution in [0, 0.1) is 17.8 Å². The minimum atomic E-state index is -0.0300. The van der Waals surface area contributed by atoms with Crippen molar-refractivity contribution in [2.45, 2.75) is 19.3 Å². The number of fused-ring (bicyclic) bond motifs is 3. The summed E-state index contributed by atoms with van der Waals surface area (Å²) in [5, 5.41) is 2.38. The first-order valence-corrected chi connectivity index (χ1v) is 8.76. The number of hydrogen-bond acceptors (Lipinski definition) is 3. The van der Waals surface area contributed by atoms with Crippen LogP contribution in [0.3, 0.4) is 0 Å². The van der Waals surface area contributed by atoms with Gasteiger partial charge < -0.3 is 9.47 Å². The van der Waals surface area contributed by atoms with Crippen LogP contribution < -0.4 is 4.74 Å². The molecule has 24 heavy (non-hydrogen) atoms. The predicted molar refractivity (Wildman–Crippen MR) is 93.9 cm³/mol. The standard InChI is InChI=1S/C21H22O3/c22-21(20-13-15-6-7-18(20)12-15)24-11-3-10-23-19-9-8-16-4-1-2-5-17(16)14-19/h1-2,4-9,14-15,18,20H,3,10-13H2. The SMILES string of the molecule is O=C(OCCCOc1ccc2ccccc2c1)C1CC2C=CC1C2. The molecule has 1 saturated carbocycles. The lowest BCUT2D eigenvalue weighted by Crippen LogP contribution is -2.22. The fraction of sp³-hybridized carbons (Fsp3) is 0.381. The summed E-state index contributed by atoms with van der Waals surface area (Å²) in [5.74, 6) is 1.93. The highest BCUT2D eigenvalue weighted by molar-refractivity contribution is 5.83. The third-order valence-electron chi connectivity index (χ3n) is 5.10. The molecular formula is C21H22O3. The zero-order valence-corrected chi connectivity index (χ0v) is 13.7. The van der Waals surface area contributed by atoms with Gasteiger partial charge in [0.05, 0.1) is 19.1 Å². The lowest BCUT2D eigenvalue weighted by Gasteiger charge is -2.16. The van der Waals surface area contributed by atoms with Gasteiger partial charge in [0, 0.05) is 6.42 Å². The van der Waals surface area contributed by atoms with Crippen molar-refractivity contribution in [3.05, 3.63) is 54.6 Å². The maximum absolute atomic E-state index is 12.1. The summed E-state index contributed by atoms with van der Waals surface area (Å²) in [6.45, 7) is 0.992. The Hall–Kier alpha value is -2.29. The molecule has 0 amide bonds. The van der Waals surface area contributed by atoms with Gasteiger partial charge in [-0.05, 0) is 47.6 Å². The molecule has 0 radical (unpaired) electrons. The minimum Gasteiger partial charge on any atom is -0.493 e. The lowest BCUT2D eigenvalue weighted by atomic mass is 9.94. The molecule has 0 aliphatic heterocycles. The summed E-state index contributed by atoms with van der Waals surface area (Å²) in [6, 6.07) is 14.3. The first-order valence-electron chi connectivity index (χ1n) is 8.76. The number of allylic oxidation sites excluding steroid dienone is 2. The average Bonchev–Trinajstić information content (AvgIpc) is 3.24. The molecule has 3 unspecified atom stereocenters. The van der Waals surface area contributed by atoms with Gasteiger partial charge in [-0.1, -0.05) is 42.5 Å². The van der Waals surface area contributed by atoms with E-state index in [1.807, 2.05) is 24.3 Å². The van der Waals surface area contributed by atoms with Crippen molar-refractivity contribution < 1.29 is 14.3 Å². The Labute approximate surface area is 142 Å². The molecule has 3 heteroatoms. The molecular weight excluding hydrogens is 300 g/mol. The normalized spacial score (nSPS) is 24.4. The summed E-state index contributed by atoms with van der Waals surface area (Å²) < 4.78 is 11.2. The van der Waals surface area contributed by atoms with Crippen molar-refractivity contribution in [2.24, 2.45) is 17.8 Å². The third-order valence-corrected chi connectivity index (χ3v) is 5.10. The Morgan fingerprint density at radius 3 is 2.67 bits per heavy atom. The van der Waals surface area contributed by atoms with Crippen LogP contribution >= 0.6 is 0 Å². The van der Waals surface area contributed by atoms with Crippen LogP contribution in [0.25, 0.3) is 10.8 Å². The third kappa shape index (κ3) is 3.16. The molecule has 0 N–H and O–H groups in total. The van der Waals surface area contributed by atoms with Gasteiger partial charge in [0.1, 0.15) is 5.75 Å². The number of ether oxygens (including phenoxy) is 2. The Balaban J connectivity index is 1.20. The van der Waals surface area contributed by atoms with Gasteiger partial charge in [0.2, 0.25) is 0 Å². The quantitative estimate of drug-likeness (QED) is 0.450. The first kappa shape index (κ1) is 15.3. The molecule has 2 aromatic rings. The summed E-state index contributed by atoms with van der Waals surface area (Å²) in [4.78, 5) is 12.1. The Morgan fingerprint density at radius 2 is 1.88 bits per heavy atom. The van der Waals surface area contributed by atoms with Gasteiger partial charge in [-0.25, -0.2) is 0 Å². The minimum absolute atomic E-state index is 0.0300.